The molecule has 0 unspecified atom stereocenters. The number of halogens is 1. The lowest BCUT2D eigenvalue weighted by Gasteiger charge is -2.09. The molecule has 0 spiro atoms. The van der Waals surface area contributed by atoms with Crippen LogP contribution in [0.25, 0.3) is 0 Å². The molecule has 0 fully saturated rings. The fourth-order valence-corrected chi connectivity index (χ4v) is 1.02. The van der Waals surface area contributed by atoms with Gasteiger partial charge in [-0.05, 0) is 26.0 Å². The zero-order valence-electron chi connectivity index (χ0n) is 7.17. The van der Waals surface area contributed by atoms with E-state index in [4.69, 9.17) is 22.1 Å². The molecule has 3 heteroatoms. The van der Waals surface area contributed by atoms with E-state index in [1.807, 2.05) is 13.8 Å². The van der Waals surface area contributed by atoms with E-state index in [1.165, 1.54) is 0 Å². The van der Waals surface area contributed by atoms with Crippen molar-refractivity contribution in [3.63, 3.8) is 0 Å². The van der Waals surface area contributed by atoms with Crippen molar-refractivity contribution in [2.75, 3.05) is 5.73 Å². The van der Waals surface area contributed by atoms with Gasteiger partial charge in [-0.1, -0.05) is 11.6 Å². The van der Waals surface area contributed by atoms with E-state index in [0.717, 1.165) is 5.75 Å². The highest BCUT2D eigenvalue weighted by Crippen LogP contribution is 2.24. The summed E-state index contributed by atoms with van der Waals surface area (Å²) < 4.78 is 5.41. The Morgan fingerprint density at radius 3 is 2.58 bits per heavy atom. The summed E-state index contributed by atoms with van der Waals surface area (Å²) in [7, 11) is 0. The van der Waals surface area contributed by atoms with Crippen molar-refractivity contribution in [3.8, 4) is 5.75 Å². The summed E-state index contributed by atoms with van der Waals surface area (Å²) in [5, 5.41) is 0.535. The first-order valence-corrected chi connectivity index (χ1v) is 4.19. The van der Waals surface area contributed by atoms with Gasteiger partial charge in [-0.25, -0.2) is 0 Å². The highest BCUT2D eigenvalue weighted by atomic mass is 35.5. The quantitative estimate of drug-likeness (QED) is 0.720. The van der Waals surface area contributed by atoms with E-state index < -0.39 is 0 Å². The Hall–Kier alpha value is -0.890. The Bertz CT molecular complexity index is 273. The van der Waals surface area contributed by atoms with Gasteiger partial charge in [-0.3, -0.25) is 0 Å². The fourth-order valence-electron chi connectivity index (χ4n) is 0.853. The van der Waals surface area contributed by atoms with Gasteiger partial charge in [0.05, 0.1) is 16.8 Å². The smallest absolute Gasteiger partial charge is 0.121 e. The molecule has 0 amide bonds. The Labute approximate surface area is 77.3 Å². The Balaban J connectivity index is 2.82. The minimum atomic E-state index is 0.157. The van der Waals surface area contributed by atoms with Crippen LogP contribution in [0.5, 0.6) is 5.75 Å². The molecule has 2 nitrogen and oxygen atoms in total. The van der Waals surface area contributed by atoms with Crippen molar-refractivity contribution in [2.24, 2.45) is 0 Å². The third kappa shape index (κ3) is 2.31. The van der Waals surface area contributed by atoms with Gasteiger partial charge in [-0.15, -0.1) is 0 Å². The van der Waals surface area contributed by atoms with Crippen molar-refractivity contribution in [1.29, 1.82) is 0 Å². The van der Waals surface area contributed by atoms with E-state index in [-0.39, 0.29) is 6.10 Å². The maximum absolute atomic E-state index is 5.79. The van der Waals surface area contributed by atoms with E-state index in [1.54, 1.807) is 18.2 Å². The van der Waals surface area contributed by atoms with Gasteiger partial charge in [0.1, 0.15) is 5.75 Å². The lowest BCUT2D eigenvalue weighted by molar-refractivity contribution is 0.242. The Morgan fingerprint density at radius 2 is 2.08 bits per heavy atom. The Kier molecular flexibility index (Phi) is 2.82. The van der Waals surface area contributed by atoms with Gasteiger partial charge in [0, 0.05) is 6.07 Å². The normalized spacial score (nSPS) is 10.3. The van der Waals surface area contributed by atoms with Crippen LogP contribution >= 0.6 is 11.6 Å². The molecule has 12 heavy (non-hydrogen) atoms. The average Bonchev–Trinajstić information content (AvgIpc) is 1.96. The predicted molar refractivity (Wildman–Crippen MR) is 51.6 cm³/mol. The number of nitrogens with two attached hydrogens (primary N) is 1. The second-order valence-corrected chi connectivity index (χ2v) is 3.26. The summed E-state index contributed by atoms with van der Waals surface area (Å²) in [4.78, 5) is 0. The lowest BCUT2D eigenvalue weighted by Crippen LogP contribution is -2.05. The summed E-state index contributed by atoms with van der Waals surface area (Å²) in [6, 6.07) is 5.26. The molecule has 66 valence electrons. The molecular weight excluding hydrogens is 174 g/mol. The highest BCUT2D eigenvalue weighted by Gasteiger charge is 2.00. The number of rotatable bonds is 2. The molecule has 1 aromatic rings. The van der Waals surface area contributed by atoms with Gasteiger partial charge >= 0.3 is 0 Å². The monoisotopic (exact) mass is 185 g/mol. The number of hydrogen-bond acceptors (Lipinski definition) is 2. The topological polar surface area (TPSA) is 35.2 Å². The van der Waals surface area contributed by atoms with Crippen LogP contribution in [0.1, 0.15) is 13.8 Å². The summed E-state index contributed by atoms with van der Waals surface area (Å²) in [5.41, 5.74) is 6.11. The highest BCUT2D eigenvalue weighted by molar-refractivity contribution is 6.33. The first kappa shape index (κ1) is 9.20. The molecule has 0 saturated heterocycles. The lowest BCUT2D eigenvalue weighted by atomic mass is 10.3. The molecule has 0 atom stereocenters. The maximum atomic E-state index is 5.79. The Morgan fingerprint density at radius 1 is 1.42 bits per heavy atom. The number of benzene rings is 1. The predicted octanol–water partition coefficient (Wildman–Crippen LogP) is 2.71. The van der Waals surface area contributed by atoms with Gasteiger partial charge in [0.15, 0.2) is 0 Å². The number of anilines is 1. The third-order valence-electron chi connectivity index (χ3n) is 1.34. The standard InChI is InChI=1S/C9H12ClNO/c1-6(2)12-7-3-4-9(11)8(10)5-7/h3-6H,11H2,1-2H3. The molecule has 1 aromatic carbocycles. The maximum Gasteiger partial charge on any atom is 0.121 e. The van der Waals surface area contributed by atoms with Crippen molar-refractivity contribution in [1.82, 2.24) is 0 Å². The summed E-state index contributed by atoms with van der Waals surface area (Å²) >= 11 is 5.79. The van der Waals surface area contributed by atoms with Crippen molar-refractivity contribution < 1.29 is 4.74 Å². The fraction of sp³-hybridized carbons (Fsp3) is 0.333. The molecule has 0 aliphatic carbocycles. The molecule has 1 rings (SSSR count). The molecule has 2 N–H and O–H groups in total. The number of nitrogen functional groups attached to an aromatic ring is 1. The van der Waals surface area contributed by atoms with Crippen LogP contribution in [0.4, 0.5) is 5.69 Å². The largest absolute Gasteiger partial charge is 0.491 e. The van der Waals surface area contributed by atoms with Gasteiger partial charge < -0.3 is 10.5 Å². The molecule has 0 radical (unpaired) electrons. The van der Waals surface area contributed by atoms with Crippen LogP contribution in [0, 0.1) is 0 Å². The minimum absolute atomic E-state index is 0.157. The zero-order chi connectivity index (χ0) is 9.14. The van der Waals surface area contributed by atoms with E-state index >= 15 is 0 Å². The van der Waals surface area contributed by atoms with Crippen LogP contribution in [0.2, 0.25) is 5.02 Å². The van der Waals surface area contributed by atoms with Crippen molar-refractivity contribution >= 4 is 17.3 Å². The van der Waals surface area contributed by atoms with Gasteiger partial charge in [-0.2, -0.15) is 0 Å². The summed E-state index contributed by atoms with van der Waals surface area (Å²) in [6.07, 6.45) is 0.157. The molecule has 0 saturated carbocycles. The van der Waals surface area contributed by atoms with Crippen molar-refractivity contribution in [3.05, 3.63) is 23.2 Å². The van der Waals surface area contributed by atoms with Crippen LogP contribution < -0.4 is 10.5 Å². The van der Waals surface area contributed by atoms with Gasteiger partial charge in [0.25, 0.3) is 0 Å². The summed E-state index contributed by atoms with van der Waals surface area (Å²) in [6.45, 7) is 3.93. The van der Waals surface area contributed by atoms with Gasteiger partial charge in [0.2, 0.25) is 0 Å². The first-order valence-electron chi connectivity index (χ1n) is 3.81. The molecule has 0 aliphatic heterocycles. The number of hydrogen-bond donors (Lipinski definition) is 1. The molecular formula is C9H12ClNO. The molecule has 0 aliphatic rings. The SMILES string of the molecule is CC(C)Oc1ccc(N)c(Cl)c1. The van der Waals surface area contributed by atoms with E-state index in [9.17, 15) is 0 Å². The van der Waals surface area contributed by atoms with Crippen molar-refractivity contribution in [2.45, 2.75) is 20.0 Å². The molecule has 0 heterocycles. The number of ether oxygens (including phenoxy) is 1. The van der Waals surface area contributed by atoms with Crippen LogP contribution in [0.3, 0.4) is 0 Å². The second-order valence-electron chi connectivity index (χ2n) is 2.85. The minimum Gasteiger partial charge on any atom is -0.491 e. The van der Waals surface area contributed by atoms with Crippen LogP contribution in [0.15, 0.2) is 18.2 Å². The van der Waals surface area contributed by atoms with E-state index in [2.05, 4.69) is 0 Å². The van der Waals surface area contributed by atoms with Crippen LogP contribution in [-0.4, -0.2) is 6.10 Å². The molecule has 0 aromatic heterocycles. The zero-order valence-corrected chi connectivity index (χ0v) is 7.93. The third-order valence-corrected chi connectivity index (χ3v) is 1.67. The molecule has 0 bridgehead atoms. The van der Waals surface area contributed by atoms with E-state index in [0.29, 0.717) is 10.7 Å². The van der Waals surface area contributed by atoms with Crippen LogP contribution in [-0.2, 0) is 0 Å². The second kappa shape index (κ2) is 3.68. The average molecular weight is 186 g/mol. The summed E-state index contributed by atoms with van der Waals surface area (Å²) in [5.74, 6) is 0.754. The first-order chi connectivity index (χ1) is 5.59.